The molecule has 1 aromatic carbocycles. The van der Waals surface area contributed by atoms with Gasteiger partial charge in [0.05, 0.1) is 18.3 Å². The predicted octanol–water partition coefficient (Wildman–Crippen LogP) is 2.43. The lowest BCUT2D eigenvalue weighted by Crippen LogP contribution is -2.33. The highest BCUT2D eigenvalue weighted by Gasteiger charge is 2.28. The molecule has 120 valence electrons. The van der Waals surface area contributed by atoms with Crippen molar-refractivity contribution in [2.45, 2.75) is 25.3 Å². The van der Waals surface area contributed by atoms with E-state index in [0.717, 1.165) is 36.3 Å². The van der Waals surface area contributed by atoms with Gasteiger partial charge in [-0.15, -0.1) is 0 Å². The first kappa shape index (κ1) is 15.6. The Labute approximate surface area is 135 Å². The van der Waals surface area contributed by atoms with Crippen molar-refractivity contribution in [2.75, 3.05) is 13.1 Å². The summed E-state index contributed by atoms with van der Waals surface area (Å²) in [6, 6.07) is 12.6. The highest BCUT2D eigenvalue weighted by Crippen LogP contribution is 2.30. The van der Waals surface area contributed by atoms with Crippen LogP contribution in [0.25, 0.3) is 0 Å². The number of nitrogens with zero attached hydrogens (tertiary/aromatic N) is 2. The minimum Gasteiger partial charge on any atom is -0.369 e. The topological polar surface area (TPSA) is 59.2 Å². The molecule has 0 aliphatic carbocycles. The lowest BCUT2D eigenvalue weighted by molar-refractivity contribution is -0.119. The molecule has 0 bridgehead atoms. The van der Waals surface area contributed by atoms with E-state index in [1.807, 2.05) is 24.3 Å². The minimum absolute atomic E-state index is 0.134. The van der Waals surface area contributed by atoms with Gasteiger partial charge in [-0.25, -0.2) is 4.39 Å². The summed E-state index contributed by atoms with van der Waals surface area (Å²) in [5.41, 5.74) is 8.08. The summed E-state index contributed by atoms with van der Waals surface area (Å²) in [4.78, 5) is 18.0. The molecule has 23 heavy (non-hydrogen) atoms. The second-order valence-corrected chi connectivity index (χ2v) is 5.96. The monoisotopic (exact) mass is 313 g/mol. The van der Waals surface area contributed by atoms with Crippen molar-refractivity contribution in [2.24, 2.45) is 5.73 Å². The number of carbonyl (C=O) groups is 1. The highest BCUT2D eigenvalue weighted by molar-refractivity contribution is 5.76. The van der Waals surface area contributed by atoms with Crippen LogP contribution in [-0.4, -0.2) is 28.9 Å². The number of nitrogens with two attached hydrogens (primary N) is 1. The molecule has 1 aromatic heterocycles. The Morgan fingerprint density at radius 1 is 1.30 bits per heavy atom. The van der Waals surface area contributed by atoms with E-state index in [1.165, 1.54) is 12.1 Å². The Kier molecular flexibility index (Phi) is 4.67. The predicted molar refractivity (Wildman–Crippen MR) is 86.2 cm³/mol. The Morgan fingerprint density at radius 2 is 2.13 bits per heavy atom. The molecule has 2 aromatic rings. The number of amides is 1. The number of likely N-dealkylation sites (tertiary alicyclic amines) is 1. The first-order valence-corrected chi connectivity index (χ1v) is 7.84. The lowest BCUT2D eigenvalue weighted by atomic mass is 10.1. The summed E-state index contributed by atoms with van der Waals surface area (Å²) in [5.74, 6) is -0.546. The Balaban J connectivity index is 1.78. The van der Waals surface area contributed by atoms with Crippen molar-refractivity contribution < 1.29 is 9.18 Å². The molecule has 0 radical (unpaired) electrons. The third-order valence-corrected chi connectivity index (χ3v) is 4.17. The van der Waals surface area contributed by atoms with Gasteiger partial charge in [0.1, 0.15) is 5.82 Å². The van der Waals surface area contributed by atoms with E-state index in [-0.39, 0.29) is 24.3 Å². The summed E-state index contributed by atoms with van der Waals surface area (Å²) in [5, 5.41) is 0. The second kappa shape index (κ2) is 6.87. The zero-order valence-electron chi connectivity index (χ0n) is 12.9. The van der Waals surface area contributed by atoms with Crippen molar-refractivity contribution in [1.29, 1.82) is 0 Å². The number of aromatic nitrogens is 1. The van der Waals surface area contributed by atoms with Crippen molar-refractivity contribution in [3.05, 3.63) is 65.2 Å². The van der Waals surface area contributed by atoms with Gasteiger partial charge >= 0.3 is 0 Å². The van der Waals surface area contributed by atoms with Crippen LogP contribution in [0.1, 0.15) is 35.8 Å². The molecule has 1 saturated heterocycles. The molecule has 2 heterocycles. The molecule has 0 unspecified atom stereocenters. The summed E-state index contributed by atoms with van der Waals surface area (Å²) in [7, 11) is 0. The van der Waals surface area contributed by atoms with Gasteiger partial charge in [-0.1, -0.05) is 18.2 Å². The molecule has 1 aliphatic heterocycles. The molecule has 1 aliphatic rings. The maximum absolute atomic E-state index is 13.3. The van der Waals surface area contributed by atoms with E-state index in [0.29, 0.717) is 6.42 Å². The van der Waals surface area contributed by atoms with Crippen LogP contribution in [0.2, 0.25) is 0 Å². The Bertz CT molecular complexity index is 704. The van der Waals surface area contributed by atoms with Crippen molar-refractivity contribution in [1.82, 2.24) is 9.88 Å². The van der Waals surface area contributed by atoms with Crippen LogP contribution in [0.5, 0.6) is 0 Å². The van der Waals surface area contributed by atoms with Gasteiger partial charge in [0, 0.05) is 12.1 Å². The number of hydrogen-bond acceptors (Lipinski definition) is 3. The molecule has 5 heteroatoms. The fourth-order valence-electron chi connectivity index (χ4n) is 3.19. The quantitative estimate of drug-likeness (QED) is 0.922. The van der Waals surface area contributed by atoms with E-state index in [2.05, 4.69) is 4.90 Å². The van der Waals surface area contributed by atoms with Crippen LogP contribution in [0.15, 0.2) is 42.5 Å². The average molecular weight is 313 g/mol. The number of carbonyl (C=O) groups excluding carboxylic acids is 1. The number of primary amides is 1. The van der Waals surface area contributed by atoms with E-state index in [1.54, 1.807) is 6.07 Å². The molecule has 1 amide bonds. The van der Waals surface area contributed by atoms with Crippen molar-refractivity contribution >= 4 is 5.91 Å². The average Bonchev–Trinajstić information content (AvgIpc) is 2.95. The van der Waals surface area contributed by atoms with E-state index < -0.39 is 0 Å². The molecular weight excluding hydrogens is 293 g/mol. The lowest BCUT2D eigenvalue weighted by Gasteiger charge is -2.22. The minimum atomic E-state index is -0.312. The summed E-state index contributed by atoms with van der Waals surface area (Å²) in [6.07, 6.45) is 2.60. The number of rotatable bonds is 5. The molecule has 0 spiro atoms. The maximum Gasteiger partial charge on any atom is 0.231 e. The van der Waals surface area contributed by atoms with Crippen LogP contribution in [0.3, 0.4) is 0 Å². The van der Waals surface area contributed by atoms with Crippen LogP contribution in [0.4, 0.5) is 4.39 Å². The van der Waals surface area contributed by atoms with Crippen LogP contribution >= 0.6 is 0 Å². The summed E-state index contributed by atoms with van der Waals surface area (Å²) < 4.78 is 13.3. The number of benzene rings is 1. The van der Waals surface area contributed by atoms with Gasteiger partial charge in [-0.2, -0.15) is 0 Å². The van der Waals surface area contributed by atoms with E-state index in [4.69, 9.17) is 10.7 Å². The van der Waals surface area contributed by atoms with Crippen molar-refractivity contribution in [3.63, 3.8) is 0 Å². The SMILES string of the molecule is NC(=O)CN1CCC[C@H]1c1cccc(Cc2cccc(F)c2)n1. The first-order chi connectivity index (χ1) is 11.1. The molecule has 1 atom stereocenters. The third-order valence-electron chi connectivity index (χ3n) is 4.17. The van der Waals surface area contributed by atoms with Crippen LogP contribution < -0.4 is 5.73 Å². The summed E-state index contributed by atoms with van der Waals surface area (Å²) in [6.45, 7) is 1.13. The maximum atomic E-state index is 13.3. The number of hydrogen-bond donors (Lipinski definition) is 1. The number of halogens is 1. The smallest absolute Gasteiger partial charge is 0.231 e. The van der Waals surface area contributed by atoms with Gasteiger partial charge in [-0.3, -0.25) is 14.7 Å². The molecule has 1 fully saturated rings. The third kappa shape index (κ3) is 3.93. The standard InChI is InChI=1S/C18H20FN3O/c19-14-5-1-4-13(10-14)11-15-6-2-7-16(21-15)17-8-3-9-22(17)12-18(20)23/h1-2,4-7,10,17H,3,8-9,11-12H2,(H2,20,23)/t17-/m0/s1. The molecule has 3 rings (SSSR count). The largest absolute Gasteiger partial charge is 0.369 e. The van der Waals surface area contributed by atoms with E-state index in [9.17, 15) is 9.18 Å². The molecule has 2 N–H and O–H groups in total. The normalized spacial score (nSPS) is 18.2. The summed E-state index contributed by atoms with van der Waals surface area (Å²) >= 11 is 0. The first-order valence-electron chi connectivity index (χ1n) is 7.84. The van der Waals surface area contributed by atoms with Crippen LogP contribution in [-0.2, 0) is 11.2 Å². The van der Waals surface area contributed by atoms with Gasteiger partial charge in [0.15, 0.2) is 0 Å². The molecular formula is C18H20FN3O. The fourth-order valence-corrected chi connectivity index (χ4v) is 3.19. The van der Waals surface area contributed by atoms with E-state index >= 15 is 0 Å². The Hall–Kier alpha value is -2.27. The molecule has 0 saturated carbocycles. The molecule has 4 nitrogen and oxygen atoms in total. The zero-order chi connectivity index (χ0) is 16.2. The fraction of sp³-hybridized carbons (Fsp3) is 0.333. The van der Waals surface area contributed by atoms with Crippen LogP contribution in [0, 0.1) is 5.82 Å². The number of pyridine rings is 1. The Morgan fingerprint density at radius 3 is 2.91 bits per heavy atom. The van der Waals surface area contributed by atoms with Gasteiger partial charge in [0.25, 0.3) is 0 Å². The zero-order valence-corrected chi connectivity index (χ0v) is 12.9. The van der Waals surface area contributed by atoms with Gasteiger partial charge in [0.2, 0.25) is 5.91 Å². The van der Waals surface area contributed by atoms with Gasteiger partial charge in [-0.05, 0) is 49.2 Å². The van der Waals surface area contributed by atoms with Gasteiger partial charge < -0.3 is 5.73 Å². The highest BCUT2D eigenvalue weighted by atomic mass is 19.1. The van der Waals surface area contributed by atoms with Crippen molar-refractivity contribution in [3.8, 4) is 0 Å². The second-order valence-electron chi connectivity index (χ2n) is 5.96.